The molecule has 0 aromatic carbocycles. The van der Waals surface area contributed by atoms with Crippen molar-refractivity contribution in [1.29, 1.82) is 0 Å². The largest absolute Gasteiger partial charge is 0.362 e. The molecule has 0 atom stereocenters. The standard InChI is InChI=1S/C5H10N6O/c1-10(2)5(12)11-8-4(3-6)7-9-11/h3,6H2,1-2H3. The molecule has 0 aliphatic rings. The average molecular weight is 170 g/mol. The Morgan fingerprint density at radius 3 is 2.75 bits per heavy atom. The first-order chi connectivity index (χ1) is 5.65. The molecule has 0 fully saturated rings. The minimum Gasteiger partial charge on any atom is -0.328 e. The van der Waals surface area contributed by atoms with Crippen LogP contribution in [0.5, 0.6) is 0 Å². The Labute approximate surface area is 69.1 Å². The highest BCUT2D eigenvalue weighted by Gasteiger charge is 2.10. The van der Waals surface area contributed by atoms with Gasteiger partial charge in [-0.1, -0.05) is 4.80 Å². The molecule has 0 saturated carbocycles. The molecule has 1 aromatic heterocycles. The molecular weight excluding hydrogens is 160 g/mol. The second kappa shape index (κ2) is 3.26. The summed E-state index contributed by atoms with van der Waals surface area (Å²) in [6.07, 6.45) is 0. The van der Waals surface area contributed by atoms with E-state index in [0.29, 0.717) is 5.82 Å². The van der Waals surface area contributed by atoms with E-state index in [1.807, 2.05) is 0 Å². The fraction of sp³-hybridized carbons (Fsp3) is 0.600. The number of hydrogen-bond acceptors (Lipinski definition) is 5. The van der Waals surface area contributed by atoms with E-state index in [1.54, 1.807) is 14.1 Å². The van der Waals surface area contributed by atoms with Gasteiger partial charge in [0.25, 0.3) is 0 Å². The normalized spacial score (nSPS) is 9.92. The highest BCUT2D eigenvalue weighted by molar-refractivity contribution is 5.73. The highest BCUT2D eigenvalue weighted by atomic mass is 16.2. The van der Waals surface area contributed by atoms with E-state index in [9.17, 15) is 4.79 Å². The van der Waals surface area contributed by atoms with Crippen molar-refractivity contribution in [3.05, 3.63) is 5.82 Å². The molecule has 1 aromatic rings. The zero-order valence-electron chi connectivity index (χ0n) is 6.93. The summed E-state index contributed by atoms with van der Waals surface area (Å²) >= 11 is 0. The van der Waals surface area contributed by atoms with Crippen molar-refractivity contribution in [3.63, 3.8) is 0 Å². The molecule has 12 heavy (non-hydrogen) atoms. The van der Waals surface area contributed by atoms with Crippen LogP contribution in [0.2, 0.25) is 0 Å². The molecule has 7 heteroatoms. The molecule has 0 bridgehead atoms. The first-order valence-corrected chi connectivity index (χ1v) is 3.35. The quantitative estimate of drug-likeness (QED) is 0.563. The molecule has 0 unspecified atom stereocenters. The van der Waals surface area contributed by atoms with E-state index < -0.39 is 0 Å². The third kappa shape index (κ3) is 1.56. The number of hydrogen-bond donors (Lipinski definition) is 1. The van der Waals surface area contributed by atoms with E-state index >= 15 is 0 Å². The van der Waals surface area contributed by atoms with E-state index in [2.05, 4.69) is 15.4 Å². The summed E-state index contributed by atoms with van der Waals surface area (Å²) in [7, 11) is 3.21. The predicted octanol–water partition coefficient (Wildman–Crippen LogP) is -1.34. The Morgan fingerprint density at radius 2 is 2.33 bits per heavy atom. The number of carbonyl (C=O) groups is 1. The van der Waals surface area contributed by atoms with Crippen LogP contribution in [0, 0.1) is 0 Å². The van der Waals surface area contributed by atoms with Crippen LogP contribution in [0.3, 0.4) is 0 Å². The maximum atomic E-state index is 11.2. The third-order valence-electron chi connectivity index (χ3n) is 1.19. The lowest BCUT2D eigenvalue weighted by Crippen LogP contribution is -2.29. The second-order valence-corrected chi connectivity index (χ2v) is 2.38. The maximum Gasteiger partial charge on any atom is 0.362 e. The zero-order chi connectivity index (χ0) is 9.14. The highest BCUT2D eigenvalue weighted by Crippen LogP contribution is 1.86. The van der Waals surface area contributed by atoms with Gasteiger partial charge in [-0.15, -0.1) is 10.2 Å². The van der Waals surface area contributed by atoms with Gasteiger partial charge < -0.3 is 10.6 Å². The van der Waals surface area contributed by atoms with Crippen LogP contribution in [0.4, 0.5) is 4.79 Å². The van der Waals surface area contributed by atoms with E-state index in [1.165, 1.54) is 4.90 Å². The third-order valence-corrected chi connectivity index (χ3v) is 1.19. The summed E-state index contributed by atoms with van der Waals surface area (Å²) in [6.45, 7) is 0.181. The molecule has 0 aliphatic heterocycles. The first-order valence-electron chi connectivity index (χ1n) is 3.35. The molecule has 66 valence electrons. The van der Waals surface area contributed by atoms with Gasteiger partial charge in [-0.05, 0) is 5.21 Å². The molecule has 0 spiro atoms. The summed E-state index contributed by atoms with van der Waals surface area (Å²) in [4.78, 5) is 13.4. The maximum absolute atomic E-state index is 11.2. The molecule has 7 nitrogen and oxygen atoms in total. The summed E-state index contributed by atoms with van der Waals surface area (Å²) in [5.41, 5.74) is 5.24. The molecule has 1 amide bonds. The van der Waals surface area contributed by atoms with Gasteiger partial charge in [0, 0.05) is 14.1 Å². The average Bonchev–Trinajstić information content (AvgIpc) is 2.50. The number of carbonyl (C=O) groups excluding carboxylic acids is 1. The lowest BCUT2D eigenvalue weighted by atomic mass is 10.6. The Hall–Kier alpha value is -1.50. The van der Waals surface area contributed by atoms with Crippen LogP contribution in [-0.4, -0.2) is 45.2 Å². The topological polar surface area (TPSA) is 89.9 Å². The van der Waals surface area contributed by atoms with Crippen molar-refractivity contribution in [2.24, 2.45) is 5.73 Å². The number of nitrogens with two attached hydrogens (primary N) is 1. The van der Waals surface area contributed by atoms with Gasteiger partial charge in [0.1, 0.15) is 0 Å². The van der Waals surface area contributed by atoms with Gasteiger partial charge >= 0.3 is 6.03 Å². The molecular formula is C5H10N6O. The molecule has 0 saturated heterocycles. The van der Waals surface area contributed by atoms with E-state index in [-0.39, 0.29) is 12.6 Å². The van der Waals surface area contributed by atoms with Gasteiger partial charge in [0.15, 0.2) is 5.82 Å². The van der Waals surface area contributed by atoms with Gasteiger partial charge in [-0.2, -0.15) is 0 Å². The van der Waals surface area contributed by atoms with E-state index in [0.717, 1.165) is 4.80 Å². The summed E-state index contributed by atoms with van der Waals surface area (Å²) in [5.74, 6) is 0.352. The van der Waals surface area contributed by atoms with Crippen LogP contribution in [0.15, 0.2) is 0 Å². The Bertz CT molecular complexity index is 279. The van der Waals surface area contributed by atoms with Crippen LogP contribution in [0.1, 0.15) is 5.82 Å². The fourth-order valence-electron chi connectivity index (χ4n) is 0.585. The predicted molar refractivity (Wildman–Crippen MR) is 40.2 cm³/mol. The van der Waals surface area contributed by atoms with Crippen molar-refractivity contribution in [1.82, 2.24) is 25.1 Å². The first kappa shape index (κ1) is 8.60. The van der Waals surface area contributed by atoms with Crippen LogP contribution < -0.4 is 5.73 Å². The fourth-order valence-corrected chi connectivity index (χ4v) is 0.585. The minimum absolute atomic E-state index is 0.181. The van der Waals surface area contributed by atoms with Crippen molar-refractivity contribution in [2.45, 2.75) is 6.54 Å². The molecule has 0 radical (unpaired) electrons. The van der Waals surface area contributed by atoms with Crippen LogP contribution >= 0.6 is 0 Å². The van der Waals surface area contributed by atoms with E-state index in [4.69, 9.17) is 5.73 Å². The van der Waals surface area contributed by atoms with Gasteiger partial charge in [-0.25, -0.2) is 4.79 Å². The zero-order valence-corrected chi connectivity index (χ0v) is 6.93. The van der Waals surface area contributed by atoms with Crippen molar-refractivity contribution < 1.29 is 4.79 Å². The Kier molecular flexibility index (Phi) is 2.34. The lowest BCUT2D eigenvalue weighted by molar-refractivity contribution is 0.211. The van der Waals surface area contributed by atoms with Crippen molar-refractivity contribution >= 4 is 6.03 Å². The Balaban J connectivity index is 2.82. The molecule has 0 aliphatic carbocycles. The summed E-state index contributed by atoms with van der Waals surface area (Å²) in [5, 5.41) is 10.8. The number of nitrogens with zero attached hydrogens (tertiary/aromatic N) is 5. The monoisotopic (exact) mass is 170 g/mol. The summed E-state index contributed by atoms with van der Waals surface area (Å²) in [6, 6.07) is -0.345. The molecule has 1 heterocycles. The number of rotatable bonds is 1. The SMILES string of the molecule is CN(C)C(=O)n1nnc(CN)n1. The summed E-state index contributed by atoms with van der Waals surface area (Å²) < 4.78 is 0. The van der Waals surface area contributed by atoms with Crippen LogP contribution in [-0.2, 0) is 6.54 Å². The number of amides is 1. The molecule has 1 rings (SSSR count). The van der Waals surface area contributed by atoms with Crippen molar-refractivity contribution in [2.75, 3.05) is 14.1 Å². The van der Waals surface area contributed by atoms with Gasteiger partial charge in [0.2, 0.25) is 0 Å². The smallest absolute Gasteiger partial charge is 0.328 e. The van der Waals surface area contributed by atoms with Crippen molar-refractivity contribution in [3.8, 4) is 0 Å². The minimum atomic E-state index is -0.345. The van der Waals surface area contributed by atoms with Gasteiger partial charge in [-0.3, -0.25) is 0 Å². The molecule has 2 N–H and O–H groups in total. The Morgan fingerprint density at radius 1 is 1.67 bits per heavy atom. The second-order valence-electron chi connectivity index (χ2n) is 2.38. The lowest BCUT2D eigenvalue weighted by Gasteiger charge is -2.06. The number of tetrazole rings is 1. The number of aromatic nitrogens is 4. The van der Waals surface area contributed by atoms with Gasteiger partial charge in [0.05, 0.1) is 6.54 Å². The van der Waals surface area contributed by atoms with Crippen LogP contribution in [0.25, 0.3) is 0 Å².